The lowest BCUT2D eigenvalue weighted by molar-refractivity contribution is 1.18. The number of fused-ring (bicyclic) bond motifs is 6. The minimum Gasteiger partial charge on any atom is -0.309 e. The van der Waals surface area contributed by atoms with E-state index in [1.165, 1.54) is 57.8 Å². The Morgan fingerprint density at radius 2 is 1.07 bits per heavy atom. The Hall–Kier alpha value is -3.19. The van der Waals surface area contributed by atoms with Crippen LogP contribution in [-0.2, 0) is 6.42 Å². The van der Waals surface area contributed by atoms with Gasteiger partial charge in [0.05, 0.1) is 11.0 Å². The van der Waals surface area contributed by atoms with Gasteiger partial charge in [-0.3, -0.25) is 0 Å². The predicted molar refractivity (Wildman–Crippen MR) is 190 cm³/mol. The average molecular weight is 771 g/mol. The molecule has 0 fully saturated rings. The molecule has 0 N–H and O–H groups in total. The quantitative estimate of drug-likeness (QED) is 0.147. The average Bonchev–Trinajstić information content (AvgIpc) is 3.53. The highest BCUT2D eigenvalue weighted by molar-refractivity contribution is 14.1. The van der Waals surface area contributed by atoms with Crippen molar-refractivity contribution in [2.24, 2.45) is 0 Å². The lowest BCUT2D eigenvalue weighted by Gasteiger charge is -2.07. The summed E-state index contributed by atoms with van der Waals surface area (Å²) in [5.74, 6) is 0. The van der Waals surface area contributed by atoms with Crippen LogP contribution in [-0.4, -0.2) is 4.57 Å². The summed E-state index contributed by atoms with van der Waals surface area (Å²) in [4.78, 5) is 0. The highest BCUT2D eigenvalue weighted by Crippen LogP contribution is 2.37. The lowest BCUT2D eigenvalue weighted by Crippen LogP contribution is -1.92. The molecule has 0 aliphatic heterocycles. The molecule has 4 heteroatoms. The van der Waals surface area contributed by atoms with Crippen molar-refractivity contribution in [3.8, 4) is 16.8 Å². The molecule has 7 aromatic rings. The lowest BCUT2D eigenvalue weighted by atomic mass is 10.1. The maximum atomic E-state index is 3.58. The number of rotatable bonds is 1. The van der Waals surface area contributed by atoms with Crippen LogP contribution < -0.4 is 0 Å². The van der Waals surface area contributed by atoms with Crippen LogP contribution in [0.4, 0.5) is 0 Å². The molecular formula is C37H26Br2IN. The molecule has 200 valence electrons. The number of benzene rings is 6. The first-order valence-corrected chi connectivity index (χ1v) is 16.1. The number of aromatic nitrogens is 1. The summed E-state index contributed by atoms with van der Waals surface area (Å²) < 4.78 is 5.88. The zero-order chi connectivity index (χ0) is 28.2. The molecule has 41 heavy (non-hydrogen) atoms. The first-order chi connectivity index (χ1) is 20.1. The van der Waals surface area contributed by atoms with E-state index in [1.807, 2.05) is 24.3 Å². The van der Waals surface area contributed by atoms with Crippen molar-refractivity contribution in [1.29, 1.82) is 0 Å². The summed E-state index contributed by atoms with van der Waals surface area (Å²) in [5.41, 5.74) is 9.33. The maximum Gasteiger partial charge on any atom is 0.0552 e. The zero-order valence-corrected chi connectivity index (χ0v) is 27.5. The largest absolute Gasteiger partial charge is 0.309 e. The molecule has 6 aromatic carbocycles. The summed E-state index contributed by atoms with van der Waals surface area (Å²) in [5, 5.41) is 2.58. The van der Waals surface area contributed by atoms with Gasteiger partial charge in [-0.25, -0.2) is 0 Å². The third-order valence-corrected chi connectivity index (χ3v) is 8.84. The van der Waals surface area contributed by atoms with E-state index in [0.717, 1.165) is 10.9 Å². The number of nitrogens with zero attached hydrogens (tertiary/aromatic N) is 1. The zero-order valence-electron chi connectivity index (χ0n) is 22.1. The van der Waals surface area contributed by atoms with Gasteiger partial charge < -0.3 is 4.57 Å². The molecule has 8 rings (SSSR count). The van der Waals surface area contributed by atoms with E-state index in [1.54, 1.807) is 0 Å². The molecule has 1 heterocycles. The van der Waals surface area contributed by atoms with Crippen LogP contribution in [0.3, 0.4) is 0 Å². The highest BCUT2D eigenvalue weighted by Gasteiger charge is 2.17. The summed E-state index contributed by atoms with van der Waals surface area (Å²) in [7, 11) is 0. The molecule has 1 aliphatic carbocycles. The molecule has 0 unspecified atom stereocenters. The van der Waals surface area contributed by atoms with Gasteiger partial charge in [0.25, 0.3) is 0 Å². The van der Waals surface area contributed by atoms with Crippen LogP contribution in [0.1, 0.15) is 11.1 Å². The van der Waals surface area contributed by atoms with Crippen LogP contribution >= 0.6 is 54.5 Å². The van der Waals surface area contributed by atoms with Crippen LogP contribution in [0.2, 0.25) is 0 Å². The fourth-order valence-corrected chi connectivity index (χ4v) is 6.50. The number of hydrogen-bond acceptors (Lipinski definition) is 0. The summed E-state index contributed by atoms with van der Waals surface area (Å²) in [6, 6.07) is 50.9. The van der Waals surface area contributed by atoms with E-state index >= 15 is 0 Å². The van der Waals surface area contributed by atoms with Gasteiger partial charge in [0.2, 0.25) is 0 Å². The topological polar surface area (TPSA) is 4.93 Å². The molecule has 0 amide bonds. The van der Waals surface area contributed by atoms with E-state index in [4.69, 9.17) is 0 Å². The fourth-order valence-electron chi connectivity index (χ4n) is 5.33. The molecule has 1 nitrogen and oxygen atoms in total. The van der Waals surface area contributed by atoms with E-state index < -0.39 is 0 Å². The Labute approximate surface area is 271 Å². The maximum absolute atomic E-state index is 3.58. The molecule has 0 saturated heterocycles. The molecule has 1 aromatic heterocycles. The second kappa shape index (κ2) is 12.8. The van der Waals surface area contributed by atoms with Crippen LogP contribution in [0.25, 0.3) is 38.6 Å². The smallest absolute Gasteiger partial charge is 0.0552 e. The van der Waals surface area contributed by atoms with E-state index in [0.29, 0.717) is 0 Å². The molecular weight excluding hydrogens is 745 g/mol. The minimum absolute atomic E-state index is 1.07. The Morgan fingerprint density at radius 1 is 0.488 bits per heavy atom. The summed E-state index contributed by atoms with van der Waals surface area (Å²) >= 11 is 9.37. The van der Waals surface area contributed by atoms with Gasteiger partial charge in [-0.1, -0.05) is 123 Å². The van der Waals surface area contributed by atoms with Crippen molar-refractivity contribution in [3.63, 3.8) is 0 Å². The van der Waals surface area contributed by atoms with Crippen molar-refractivity contribution in [2.45, 2.75) is 6.42 Å². The van der Waals surface area contributed by atoms with Crippen LogP contribution in [0, 0.1) is 3.57 Å². The van der Waals surface area contributed by atoms with Crippen molar-refractivity contribution < 1.29 is 0 Å². The summed E-state index contributed by atoms with van der Waals surface area (Å²) in [6.07, 6.45) is 1.07. The molecule has 0 spiro atoms. The first-order valence-electron chi connectivity index (χ1n) is 13.4. The van der Waals surface area contributed by atoms with Gasteiger partial charge >= 0.3 is 0 Å². The molecule has 0 saturated carbocycles. The second-order valence-corrected chi connectivity index (χ2v) is 12.9. The standard InChI is InChI=1S/C18H12BrN.C13H9Br.C6H5I/c19-13-10-11-16-15-8-4-5-9-17(15)20(18(16)12-13)14-6-2-1-3-7-14;14-11-5-6-13-10(8-11)7-9-3-1-2-4-12(9)13;7-6-4-2-1-3-5-6/h1-12H;1-6,8H,7H2;1-5H. The Balaban J connectivity index is 0.000000124. The third kappa shape index (κ3) is 6.20. The Bertz CT molecular complexity index is 1950. The van der Waals surface area contributed by atoms with Crippen molar-refractivity contribution in [2.75, 3.05) is 0 Å². The van der Waals surface area contributed by atoms with Gasteiger partial charge in [0.1, 0.15) is 0 Å². The number of para-hydroxylation sites is 2. The first kappa shape index (κ1) is 28.0. The van der Waals surface area contributed by atoms with Gasteiger partial charge in [-0.15, -0.1) is 0 Å². The van der Waals surface area contributed by atoms with Gasteiger partial charge in [0, 0.05) is 29.0 Å². The minimum atomic E-state index is 1.07. The van der Waals surface area contributed by atoms with E-state index in [9.17, 15) is 0 Å². The van der Waals surface area contributed by atoms with Crippen LogP contribution in [0.5, 0.6) is 0 Å². The van der Waals surface area contributed by atoms with Gasteiger partial charge in [-0.2, -0.15) is 0 Å². The van der Waals surface area contributed by atoms with Crippen LogP contribution in [0.15, 0.2) is 155 Å². The van der Waals surface area contributed by atoms with Crippen molar-refractivity contribution in [1.82, 2.24) is 4.57 Å². The third-order valence-electron chi connectivity index (χ3n) is 7.14. The van der Waals surface area contributed by atoms with E-state index in [2.05, 4.69) is 180 Å². The normalized spacial score (nSPS) is 11.2. The van der Waals surface area contributed by atoms with Gasteiger partial charge in [0.15, 0.2) is 0 Å². The Morgan fingerprint density at radius 3 is 1.83 bits per heavy atom. The number of hydrogen-bond donors (Lipinski definition) is 0. The second-order valence-electron chi connectivity index (χ2n) is 9.78. The van der Waals surface area contributed by atoms with Crippen molar-refractivity contribution in [3.05, 3.63) is 169 Å². The fraction of sp³-hybridized carbons (Fsp3) is 0.0270. The van der Waals surface area contributed by atoms with E-state index in [-0.39, 0.29) is 0 Å². The SMILES string of the molecule is Brc1ccc2c(c1)Cc1ccccc1-2.Brc1ccc2c3ccccc3n(-c3ccccc3)c2c1.Ic1ccccc1. The van der Waals surface area contributed by atoms with Crippen molar-refractivity contribution >= 4 is 76.3 Å². The molecule has 0 radical (unpaired) electrons. The molecule has 1 aliphatic rings. The predicted octanol–water partition coefficient (Wildman–Crippen LogP) is 11.9. The molecule has 0 atom stereocenters. The highest BCUT2D eigenvalue weighted by atomic mass is 127. The summed E-state index contributed by atoms with van der Waals surface area (Å²) in [6.45, 7) is 0. The Kier molecular flexibility index (Phi) is 8.70. The molecule has 0 bridgehead atoms. The number of halogens is 3. The monoisotopic (exact) mass is 769 g/mol. The van der Waals surface area contributed by atoms with Gasteiger partial charge in [-0.05, 0) is 106 Å².